The first-order chi connectivity index (χ1) is 8.01. The van der Waals surface area contributed by atoms with Crippen molar-refractivity contribution in [3.05, 3.63) is 62.8 Å². The molecule has 1 aliphatic carbocycles. The average Bonchev–Trinajstić information content (AvgIpc) is 2.28. The number of alkyl halides is 1. The third kappa shape index (κ3) is 2.36. The number of benzene rings is 1. The Bertz CT molecular complexity index is 527. The predicted molar refractivity (Wildman–Crippen MR) is 64.0 cm³/mol. The highest BCUT2D eigenvalue weighted by Crippen LogP contribution is 2.39. The van der Waals surface area contributed by atoms with E-state index in [9.17, 15) is 14.5 Å². The van der Waals surface area contributed by atoms with E-state index < -0.39 is 10.6 Å². The molecule has 88 valence electrons. The lowest BCUT2D eigenvalue weighted by Gasteiger charge is -2.25. The molecular formula is C12H9ClFNO2. The van der Waals surface area contributed by atoms with Crippen molar-refractivity contribution in [2.45, 2.75) is 12.1 Å². The Kier molecular flexibility index (Phi) is 2.98. The normalized spacial score (nSPS) is 22.7. The van der Waals surface area contributed by atoms with Gasteiger partial charge in [0.2, 0.25) is 6.20 Å². The summed E-state index contributed by atoms with van der Waals surface area (Å²) in [7, 11) is 0. The summed E-state index contributed by atoms with van der Waals surface area (Å²) < 4.78 is 14.6. The van der Waals surface area contributed by atoms with Gasteiger partial charge < -0.3 is 0 Å². The molecule has 0 aliphatic heterocycles. The van der Waals surface area contributed by atoms with E-state index in [-0.39, 0.29) is 6.42 Å². The Hall–Kier alpha value is -1.68. The van der Waals surface area contributed by atoms with Crippen molar-refractivity contribution in [1.29, 1.82) is 0 Å². The Labute approximate surface area is 102 Å². The van der Waals surface area contributed by atoms with E-state index in [1.54, 1.807) is 24.3 Å². The summed E-state index contributed by atoms with van der Waals surface area (Å²) in [5, 5.41) is 10.7. The molecule has 0 spiro atoms. The van der Waals surface area contributed by atoms with Gasteiger partial charge in [0.1, 0.15) is 0 Å². The van der Waals surface area contributed by atoms with Crippen LogP contribution in [-0.2, 0) is 5.67 Å². The molecule has 2 rings (SSSR count). The van der Waals surface area contributed by atoms with Crippen molar-refractivity contribution in [3.63, 3.8) is 0 Å². The van der Waals surface area contributed by atoms with E-state index in [2.05, 4.69) is 0 Å². The molecule has 0 radical (unpaired) electrons. The Morgan fingerprint density at radius 3 is 3.00 bits per heavy atom. The summed E-state index contributed by atoms with van der Waals surface area (Å²) >= 11 is 5.82. The first-order valence-corrected chi connectivity index (χ1v) is 5.37. The van der Waals surface area contributed by atoms with Gasteiger partial charge in [-0.2, -0.15) is 0 Å². The predicted octanol–water partition coefficient (Wildman–Crippen LogP) is 3.71. The highest BCUT2D eigenvalue weighted by molar-refractivity contribution is 6.30. The van der Waals surface area contributed by atoms with Crippen molar-refractivity contribution < 1.29 is 9.31 Å². The molecule has 1 aliphatic rings. The Balaban J connectivity index is 2.49. The molecule has 1 unspecified atom stereocenters. The number of hydrogen-bond acceptors (Lipinski definition) is 2. The number of allylic oxidation sites excluding steroid dienone is 2. The number of nitro groups is 1. The second-order valence-corrected chi connectivity index (χ2v) is 4.24. The first kappa shape index (κ1) is 11.8. The van der Waals surface area contributed by atoms with Crippen molar-refractivity contribution in [2.75, 3.05) is 0 Å². The number of halogens is 2. The van der Waals surface area contributed by atoms with Gasteiger partial charge in [-0.3, -0.25) is 10.1 Å². The van der Waals surface area contributed by atoms with Crippen LogP contribution in [0, 0.1) is 10.1 Å². The van der Waals surface area contributed by atoms with Crippen molar-refractivity contribution in [1.82, 2.24) is 0 Å². The molecule has 0 bridgehead atoms. The van der Waals surface area contributed by atoms with Gasteiger partial charge in [-0.15, -0.1) is 0 Å². The van der Waals surface area contributed by atoms with E-state index in [0.717, 1.165) is 6.08 Å². The highest BCUT2D eigenvalue weighted by Gasteiger charge is 2.33. The van der Waals surface area contributed by atoms with E-state index in [0.29, 0.717) is 22.3 Å². The maximum atomic E-state index is 14.6. The Morgan fingerprint density at radius 2 is 2.29 bits per heavy atom. The van der Waals surface area contributed by atoms with Gasteiger partial charge >= 0.3 is 0 Å². The maximum Gasteiger partial charge on any atom is 0.234 e. The molecule has 0 heterocycles. The molecule has 1 aromatic carbocycles. The molecule has 1 atom stereocenters. The topological polar surface area (TPSA) is 43.1 Å². The van der Waals surface area contributed by atoms with E-state index in [4.69, 9.17) is 11.6 Å². The van der Waals surface area contributed by atoms with Gasteiger partial charge in [-0.05, 0) is 17.7 Å². The van der Waals surface area contributed by atoms with Crippen LogP contribution in [-0.4, -0.2) is 4.92 Å². The minimum Gasteiger partial charge on any atom is -0.259 e. The molecule has 1 aromatic rings. The van der Waals surface area contributed by atoms with Gasteiger partial charge in [0.05, 0.1) is 4.92 Å². The maximum absolute atomic E-state index is 14.6. The standard InChI is InChI=1S/C12H9ClFNO2/c13-10-4-3-9-2-1-5-12(14,11(9)8-10)6-7-15(16)17/h1-4,6-8H,5H2/b7-6+. The van der Waals surface area contributed by atoms with Crippen LogP contribution in [0.3, 0.4) is 0 Å². The zero-order valence-corrected chi connectivity index (χ0v) is 9.52. The molecule has 0 saturated carbocycles. The van der Waals surface area contributed by atoms with Crippen molar-refractivity contribution in [2.24, 2.45) is 0 Å². The molecule has 5 heteroatoms. The smallest absolute Gasteiger partial charge is 0.234 e. The van der Waals surface area contributed by atoms with Crippen LogP contribution >= 0.6 is 11.6 Å². The van der Waals surface area contributed by atoms with Gasteiger partial charge in [0.25, 0.3) is 0 Å². The largest absolute Gasteiger partial charge is 0.259 e. The SMILES string of the molecule is O=[N+]([O-])/C=C/C1(F)CC=Cc2ccc(Cl)cc21. The second kappa shape index (κ2) is 4.30. The quantitative estimate of drug-likeness (QED) is 0.596. The fourth-order valence-corrected chi connectivity index (χ4v) is 2.01. The molecule has 0 N–H and O–H groups in total. The molecule has 3 nitrogen and oxygen atoms in total. The average molecular weight is 254 g/mol. The fourth-order valence-electron chi connectivity index (χ4n) is 1.84. The van der Waals surface area contributed by atoms with Crippen molar-refractivity contribution in [3.8, 4) is 0 Å². The monoisotopic (exact) mass is 253 g/mol. The van der Waals surface area contributed by atoms with Crippen LogP contribution in [0.25, 0.3) is 6.08 Å². The zero-order chi connectivity index (χ0) is 12.5. The minimum atomic E-state index is -1.86. The molecular weight excluding hydrogens is 245 g/mol. The van der Waals surface area contributed by atoms with E-state index in [1.165, 1.54) is 6.07 Å². The summed E-state index contributed by atoms with van der Waals surface area (Å²) in [4.78, 5) is 9.59. The highest BCUT2D eigenvalue weighted by atomic mass is 35.5. The van der Waals surface area contributed by atoms with Gasteiger partial charge in [-0.1, -0.05) is 29.8 Å². The lowest BCUT2D eigenvalue weighted by molar-refractivity contribution is -0.403. The van der Waals surface area contributed by atoms with Gasteiger partial charge in [-0.25, -0.2) is 4.39 Å². The van der Waals surface area contributed by atoms with E-state index >= 15 is 0 Å². The number of fused-ring (bicyclic) bond motifs is 1. The summed E-state index contributed by atoms with van der Waals surface area (Å²) in [6.07, 6.45) is 5.10. The Morgan fingerprint density at radius 1 is 1.53 bits per heavy atom. The third-order valence-corrected chi connectivity index (χ3v) is 2.87. The van der Waals surface area contributed by atoms with Crippen LogP contribution in [0.5, 0.6) is 0 Å². The van der Waals surface area contributed by atoms with Gasteiger partial charge in [0, 0.05) is 23.1 Å². The van der Waals surface area contributed by atoms with E-state index in [1.807, 2.05) is 0 Å². The van der Waals surface area contributed by atoms with Crippen LogP contribution in [0.1, 0.15) is 17.5 Å². The van der Waals surface area contributed by atoms with Gasteiger partial charge in [0.15, 0.2) is 5.67 Å². The van der Waals surface area contributed by atoms with Crippen LogP contribution in [0.2, 0.25) is 5.02 Å². The zero-order valence-electron chi connectivity index (χ0n) is 8.77. The van der Waals surface area contributed by atoms with Crippen LogP contribution in [0.15, 0.2) is 36.6 Å². The first-order valence-electron chi connectivity index (χ1n) is 5.00. The molecule has 0 aromatic heterocycles. The van der Waals surface area contributed by atoms with Crippen LogP contribution in [0.4, 0.5) is 4.39 Å². The molecule has 17 heavy (non-hydrogen) atoms. The third-order valence-electron chi connectivity index (χ3n) is 2.64. The summed E-state index contributed by atoms with van der Waals surface area (Å²) in [5.74, 6) is 0. The lowest BCUT2D eigenvalue weighted by Crippen LogP contribution is -2.20. The molecule has 0 amide bonds. The lowest BCUT2D eigenvalue weighted by atomic mass is 9.84. The van der Waals surface area contributed by atoms with Crippen LogP contribution < -0.4 is 0 Å². The number of rotatable bonds is 2. The fraction of sp³-hybridized carbons (Fsp3) is 0.167. The minimum absolute atomic E-state index is 0.0741. The number of hydrogen-bond donors (Lipinski definition) is 0. The van der Waals surface area contributed by atoms with Crippen molar-refractivity contribution >= 4 is 17.7 Å². The summed E-state index contributed by atoms with van der Waals surface area (Å²) in [6.45, 7) is 0. The summed E-state index contributed by atoms with van der Waals surface area (Å²) in [6, 6.07) is 4.86. The number of nitrogens with zero attached hydrogens (tertiary/aromatic N) is 1. The second-order valence-electron chi connectivity index (χ2n) is 3.80. The molecule has 0 fully saturated rings. The molecule has 0 saturated heterocycles. The summed E-state index contributed by atoms with van der Waals surface area (Å²) in [5.41, 5.74) is -0.802.